The van der Waals surface area contributed by atoms with E-state index in [1.165, 1.54) is 0 Å². The second-order valence-corrected chi connectivity index (χ2v) is 3.70. The Kier molecular flexibility index (Phi) is 4.65. The number of hydrogen-bond acceptors (Lipinski definition) is 4. The van der Waals surface area contributed by atoms with Crippen molar-refractivity contribution in [1.29, 1.82) is 0 Å². The van der Waals surface area contributed by atoms with Crippen LogP contribution >= 0.6 is 0 Å². The van der Waals surface area contributed by atoms with Crippen LogP contribution in [0.4, 0.5) is 0 Å². The topological polar surface area (TPSA) is 58.0 Å². The van der Waals surface area contributed by atoms with Gasteiger partial charge in [0.25, 0.3) is 0 Å². The molecule has 0 saturated heterocycles. The molecule has 0 bridgehead atoms. The molecular weight excluding hydrogens is 190 g/mol. The minimum absolute atomic E-state index is 0.153. The monoisotopic (exact) mass is 209 g/mol. The highest BCUT2D eigenvalue weighted by Crippen LogP contribution is 2.14. The van der Waals surface area contributed by atoms with E-state index in [0.717, 1.165) is 18.5 Å². The van der Waals surface area contributed by atoms with Gasteiger partial charge in [-0.2, -0.15) is 0 Å². The molecule has 0 unspecified atom stereocenters. The molecule has 0 spiro atoms. The summed E-state index contributed by atoms with van der Waals surface area (Å²) in [4.78, 5) is 8.18. The zero-order valence-corrected chi connectivity index (χ0v) is 9.40. The average molecular weight is 209 g/mol. The molecule has 1 heterocycles. The molecule has 4 nitrogen and oxygen atoms in total. The first-order valence-corrected chi connectivity index (χ1v) is 5.37. The molecule has 0 fully saturated rings. The molecule has 15 heavy (non-hydrogen) atoms. The van der Waals surface area contributed by atoms with Crippen molar-refractivity contribution in [3.05, 3.63) is 24.3 Å². The maximum atomic E-state index is 9.36. The molecule has 0 radical (unpaired) electrons. The highest BCUT2D eigenvalue weighted by Gasteiger charge is 2.24. The molecule has 0 aromatic carbocycles. The van der Waals surface area contributed by atoms with E-state index in [1.807, 2.05) is 0 Å². The molecule has 0 aliphatic heterocycles. The first kappa shape index (κ1) is 12.1. The third kappa shape index (κ3) is 3.25. The first-order chi connectivity index (χ1) is 7.26. The summed E-state index contributed by atoms with van der Waals surface area (Å²) in [5, 5.41) is 12.7. The largest absolute Gasteiger partial charge is 0.394 e. The number of nitrogens with zero attached hydrogens (tertiary/aromatic N) is 2. The first-order valence-electron chi connectivity index (χ1n) is 5.37. The van der Waals surface area contributed by atoms with E-state index in [1.54, 1.807) is 18.6 Å². The number of aromatic nitrogens is 2. The van der Waals surface area contributed by atoms with Crippen molar-refractivity contribution in [2.24, 2.45) is 0 Å². The summed E-state index contributed by atoms with van der Waals surface area (Å²) in [6.45, 7) is 4.95. The number of hydrogen-bond donors (Lipinski definition) is 2. The number of aliphatic hydroxyl groups is 1. The van der Waals surface area contributed by atoms with Crippen LogP contribution in [-0.4, -0.2) is 27.2 Å². The molecule has 0 aliphatic carbocycles. The molecule has 0 amide bonds. The second-order valence-electron chi connectivity index (χ2n) is 3.70. The molecule has 4 heteroatoms. The molecular formula is C11H19N3O. The Labute approximate surface area is 90.8 Å². The Morgan fingerprint density at radius 1 is 1.33 bits per heavy atom. The van der Waals surface area contributed by atoms with Gasteiger partial charge in [0.1, 0.15) is 0 Å². The van der Waals surface area contributed by atoms with Gasteiger partial charge < -0.3 is 10.4 Å². The lowest BCUT2D eigenvalue weighted by Crippen LogP contribution is -2.47. The van der Waals surface area contributed by atoms with Crippen LogP contribution in [0.5, 0.6) is 0 Å². The van der Waals surface area contributed by atoms with Crippen LogP contribution in [-0.2, 0) is 6.54 Å². The lowest BCUT2D eigenvalue weighted by molar-refractivity contribution is 0.149. The highest BCUT2D eigenvalue weighted by molar-refractivity contribution is 4.96. The Bertz CT molecular complexity index is 264. The molecule has 0 aliphatic rings. The number of aliphatic hydroxyl groups excluding tert-OH is 1. The van der Waals surface area contributed by atoms with Gasteiger partial charge in [0.05, 0.1) is 12.3 Å². The molecule has 0 saturated carbocycles. The highest BCUT2D eigenvalue weighted by atomic mass is 16.3. The molecule has 84 valence electrons. The van der Waals surface area contributed by atoms with Gasteiger partial charge in [0.15, 0.2) is 0 Å². The third-order valence-corrected chi connectivity index (χ3v) is 2.92. The summed E-state index contributed by atoms with van der Waals surface area (Å²) in [5.74, 6) is 0. The normalized spacial score (nSPS) is 11.7. The fraction of sp³-hybridized carbons (Fsp3) is 0.636. The van der Waals surface area contributed by atoms with Gasteiger partial charge in [0, 0.05) is 30.7 Å². The van der Waals surface area contributed by atoms with Gasteiger partial charge in [-0.05, 0) is 12.8 Å². The van der Waals surface area contributed by atoms with Gasteiger partial charge in [-0.15, -0.1) is 0 Å². The average Bonchev–Trinajstić information content (AvgIpc) is 2.33. The van der Waals surface area contributed by atoms with Crippen molar-refractivity contribution in [3.63, 3.8) is 0 Å². The predicted octanol–water partition coefficient (Wildman–Crippen LogP) is 1.12. The zero-order chi connectivity index (χ0) is 11.1. The zero-order valence-electron chi connectivity index (χ0n) is 9.40. The Morgan fingerprint density at radius 2 is 2.07 bits per heavy atom. The van der Waals surface area contributed by atoms with Crippen LogP contribution < -0.4 is 5.32 Å². The van der Waals surface area contributed by atoms with E-state index in [2.05, 4.69) is 29.1 Å². The van der Waals surface area contributed by atoms with E-state index in [0.29, 0.717) is 6.54 Å². The minimum atomic E-state index is -0.183. The van der Waals surface area contributed by atoms with Gasteiger partial charge in [0.2, 0.25) is 0 Å². The molecule has 1 rings (SSSR count). The SMILES string of the molecule is CCC(CC)(CO)NCc1cnccn1. The van der Waals surface area contributed by atoms with Crippen LogP contribution in [0.1, 0.15) is 32.4 Å². The lowest BCUT2D eigenvalue weighted by Gasteiger charge is -2.30. The Balaban J connectivity index is 2.54. The van der Waals surface area contributed by atoms with Crippen molar-refractivity contribution >= 4 is 0 Å². The van der Waals surface area contributed by atoms with E-state index in [4.69, 9.17) is 0 Å². The molecule has 1 aromatic rings. The fourth-order valence-corrected chi connectivity index (χ4v) is 1.48. The Hall–Kier alpha value is -1.00. The van der Waals surface area contributed by atoms with Crippen molar-refractivity contribution in [3.8, 4) is 0 Å². The van der Waals surface area contributed by atoms with Crippen LogP contribution in [0, 0.1) is 0 Å². The summed E-state index contributed by atoms with van der Waals surface area (Å²) in [7, 11) is 0. The van der Waals surface area contributed by atoms with Gasteiger partial charge in [-0.3, -0.25) is 9.97 Å². The summed E-state index contributed by atoms with van der Waals surface area (Å²) in [6.07, 6.45) is 6.87. The summed E-state index contributed by atoms with van der Waals surface area (Å²) >= 11 is 0. The summed E-state index contributed by atoms with van der Waals surface area (Å²) < 4.78 is 0. The van der Waals surface area contributed by atoms with Crippen LogP contribution in [0.25, 0.3) is 0 Å². The van der Waals surface area contributed by atoms with Crippen molar-refractivity contribution in [2.45, 2.75) is 38.8 Å². The van der Waals surface area contributed by atoms with E-state index < -0.39 is 0 Å². The van der Waals surface area contributed by atoms with Crippen molar-refractivity contribution in [1.82, 2.24) is 15.3 Å². The maximum absolute atomic E-state index is 9.36. The predicted molar refractivity (Wildman–Crippen MR) is 59.3 cm³/mol. The van der Waals surface area contributed by atoms with Crippen LogP contribution in [0.3, 0.4) is 0 Å². The van der Waals surface area contributed by atoms with E-state index in [-0.39, 0.29) is 12.1 Å². The van der Waals surface area contributed by atoms with Gasteiger partial charge in [-0.1, -0.05) is 13.8 Å². The number of rotatable bonds is 6. The van der Waals surface area contributed by atoms with Gasteiger partial charge in [-0.25, -0.2) is 0 Å². The van der Waals surface area contributed by atoms with E-state index in [9.17, 15) is 5.11 Å². The quantitative estimate of drug-likeness (QED) is 0.737. The smallest absolute Gasteiger partial charge is 0.0724 e. The molecule has 0 atom stereocenters. The van der Waals surface area contributed by atoms with Crippen molar-refractivity contribution < 1.29 is 5.11 Å². The Morgan fingerprint density at radius 3 is 2.53 bits per heavy atom. The number of nitrogens with one attached hydrogen (secondary N) is 1. The standard InChI is InChI=1S/C11H19N3O/c1-3-11(4-2,9-15)14-8-10-7-12-5-6-13-10/h5-7,14-15H,3-4,8-9H2,1-2H3. The minimum Gasteiger partial charge on any atom is -0.394 e. The van der Waals surface area contributed by atoms with Crippen LogP contribution in [0.15, 0.2) is 18.6 Å². The molecule has 1 aromatic heterocycles. The summed E-state index contributed by atoms with van der Waals surface area (Å²) in [5.41, 5.74) is 0.717. The van der Waals surface area contributed by atoms with Gasteiger partial charge >= 0.3 is 0 Å². The lowest BCUT2D eigenvalue weighted by atomic mass is 9.94. The fourth-order valence-electron chi connectivity index (χ4n) is 1.48. The summed E-state index contributed by atoms with van der Waals surface area (Å²) in [6, 6.07) is 0. The second kappa shape index (κ2) is 5.78. The van der Waals surface area contributed by atoms with Crippen molar-refractivity contribution in [2.75, 3.05) is 6.61 Å². The maximum Gasteiger partial charge on any atom is 0.0724 e. The van der Waals surface area contributed by atoms with E-state index >= 15 is 0 Å². The third-order valence-electron chi connectivity index (χ3n) is 2.92. The van der Waals surface area contributed by atoms with Crippen LogP contribution in [0.2, 0.25) is 0 Å². The molecule has 2 N–H and O–H groups in total.